The van der Waals surface area contributed by atoms with Crippen molar-refractivity contribution in [1.29, 1.82) is 5.26 Å². The molecule has 3 nitrogen and oxygen atoms in total. The van der Waals surface area contributed by atoms with Gasteiger partial charge in [0.15, 0.2) is 0 Å². The first-order valence-electron chi connectivity index (χ1n) is 3.32. The van der Waals surface area contributed by atoms with Crippen molar-refractivity contribution in [2.75, 3.05) is 0 Å². The van der Waals surface area contributed by atoms with E-state index in [1.165, 1.54) is 12.1 Å². The third-order valence-corrected chi connectivity index (χ3v) is 1.43. The van der Waals surface area contributed by atoms with Crippen molar-refractivity contribution < 1.29 is 10.2 Å². The van der Waals surface area contributed by atoms with E-state index >= 15 is 0 Å². The van der Waals surface area contributed by atoms with Gasteiger partial charge in [-0.25, -0.2) is 0 Å². The SMILES string of the molecule is N#C/C(=C/O)c1ccc(O)cc1.[NaH]. The predicted octanol–water partition coefficient (Wildman–Crippen LogP) is 1.17. The number of aliphatic hydroxyl groups is 1. The molecule has 1 aromatic carbocycles. The van der Waals surface area contributed by atoms with Crippen molar-refractivity contribution >= 4 is 35.1 Å². The third-order valence-electron chi connectivity index (χ3n) is 1.43. The van der Waals surface area contributed by atoms with E-state index in [4.69, 9.17) is 15.5 Å². The van der Waals surface area contributed by atoms with Crippen LogP contribution in [0.25, 0.3) is 5.57 Å². The molecule has 0 spiro atoms. The van der Waals surface area contributed by atoms with Crippen molar-refractivity contribution in [3.05, 3.63) is 36.1 Å². The van der Waals surface area contributed by atoms with Crippen LogP contribution in [0.5, 0.6) is 5.75 Å². The normalized spacial score (nSPS) is 9.92. The van der Waals surface area contributed by atoms with Crippen molar-refractivity contribution in [1.82, 2.24) is 0 Å². The molecular formula is C9H8NNaO2. The third kappa shape index (κ3) is 3.11. The Morgan fingerprint density at radius 1 is 1.31 bits per heavy atom. The summed E-state index contributed by atoms with van der Waals surface area (Å²) in [4.78, 5) is 0. The van der Waals surface area contributed by atoms with E-state index in [0.29, 0.717) is 5.56 Å². The Balaban J connectivity index is 0.00000144. The van der Waals surface area contributed by atoms with Crippen molar-refractivity contribution in [3.8, 4) is 11.8 Å². The number of phenolic OH excluding ortho intramolecular Hbond substituents is 1. The van der Waals surface area contributed by atoms with E-state index < -0.39 is 0 Å². The molecule has 0 aliphatic carbocycles. The molecule has 1 aromatic rings. The Kier molecular flexibility index (Phi) is 5.24. The van der Waals surface area contributed by atoms with Gasteiger partial charge in [-0.05, 0) is 29.8 Å². The first kappa shape index (κ1) is 12.0. The Labute approximate surface area is 98.2 Å². The maximum absolute atomic E-state index is 8.92. The first-order valence-corrected chi connectivity index (χ1v) is 3.32. The molecule has 4 heteroatoms. The summed E-state index contributed by atoms with van der Waals surface area (Å²) >= 11 is 0. The van der Waals surface area contributed by atoms with E-state index in [1.807, 2.05) is 6.07 Å². The average Bonchev–Trinajstić information content (AvgIpc) is 2.10. The fraction of sp³-hybridized carbons (Fsp3) is 0. The number of rotatable bonds is 1. The van der Waals surface area contributed by atoms with Gasteiger partial charge in [0, 0.05) is 0 Å². The van der Waals surface area contributed by atoms with Crippen LogP contribution in [0.3, 0.4) is 0 Å². The zero-order valence-electron chi connectivity index (χ0n) is 6.23. The number of aliphatic hydroxyl groups excluding tert-OH is 1. The zero-order chi connectivity index (χ0) is 8.97. The average molecular weight is 185 g/mol. The standard InChI is InChI=1S/C9H7NO2.Na.H/c10-5-8(6-11)7-1-3-9(12)4-2-7;;/h1-4,6,11-12H;;/b8-6-;;. The molecule has 1 rings (SSSR count). The zero-order valence-corrected chi connectivity index (χ0v) is 6.23. The number of hydrogen-bond acceptors (Lipinski definition) is 3. The van der Waals surface area contributed by atoms with Gasteiger partial charge >= 0.3 is 29.6 Å². The van der Waals surface area contributed by atoms with Crippen molar-refractivity contribution in [3.63, 3.8) is 0 Å². The molecule has 0 amide bonds. The number of benzene rings is 1. The van der Waals surface area contributed by atoms with Gasteiger partial charge < -0.3 is 10.2 Å². The topological polar surface area (TPSA) is 64.2 Å². The first-order chi connectivity index (χ1) is 5.77. The molecule has 0 atom stereocenters. The molecule has 13 heavy (non-hydrogen) atoms. The molecule has 0 unspecified atom stereocenters. The fourth-order valence-corrected chi connectivity index (χ4v) is 0.809. The Hall–Kier alpha value is -0.950. The minimum absolute atomic E-state index is 0. The summed E-state index contributed by atoms with van der Waals surface area (Å²) in [5, 5.41) is 26.0. The molecule has 0 fully saturated rings. The van der Waals surface area contributed by atoms with Gasteiger partial charge in [-0.3, -0.25) is 0 Å². The van der Waals surface area contributed by atoms with Gasteiger partial charge in [0.05, 0.1) is 11.8 Å². The van der Waals surface area contributed by atoms with E-state index in [1.54, 1.807) is 12.1 Å². The quantitative estimate of drug-likeness (QED) is 0.392. The summed E-state index contributed by atoms with van der Waals surface area (Å²) in [5.41, 5.74) is 0.757. The summed E-state index contributed by atoms with van der Waals surface area (Å²) in [6.07, 6.45) is 0.742. The molecule has 0 aliphatic heterocycles. The van der Waals surface area contributed by atoms with Crippen LogP contribution < -0.4 is 0 Å². The Morgan fingerprint density at radius 3 is 2.23 bits per heavy atom. The van der Waals surface area contributed by atoms with E-state index in [-0.39, 0.29) is 40.9 Å². The predicted molar refractivity (Wildman–Crippen MR) is 51.5 cm³/mol. The number of aromatic hydroxyl groups is 1. The second-order valence-corrected chi connectivity index (χ2v) is 2.20. The number of nitrogens with zero attached hydrogens (tertiary/aromatic N) is 1. The molecule has 0 radical (unpaired) electrons. The van der Waals surface area contributed by atoms with E-state index in [0.717, 1.165) is 6.26 Å². The molecule has 0 aromatic heterocycles. The maximum atomic E-state index is 8.92. The molecule has 0 heterocycles. The van der Waals surface area contributed by atoms with Crippen LogP contribution in [-0.2, 0) is 0 Å². The van der Waals surface area contributed by atoms with Crippen molar-refractivity contribution in [2.24, 2.45) is 0 Å². The van der Waals surface area contributed by atoms with Gasteiger partial charge in [0.2, 0.25) is 0 Å². The summed E-state index contributed by atoms with van der Waals surface area (Å²) in [5.74, 6) is 0.133. The van der Waals surface area contributed by atoms with Crippen LogP contribution in [0.1, 0.15) is 5.56 Å². The number of hydrogen-bond donors (Lipinski definition) is 2. The van der Waals surface area contributed by atoms with Crippen LogP contribution in [0, 0.1) is 11.3 Å². The summed E-state index contributed by atoms with van der Waals surface area (Å²) < 4.78 is 0. The van der Waals surface area contributed by atoms with Gasteiger partial charge in [-0.2, -0.15) is 5.26 Å². The van der Waals surface area contributed by atoms with Crippen LogP contribution in [0.15, 0.2) is 30.5 Å². The molecule has 2 N–H and O–H groups in total. The fourth-order valence-electron chi connectivity index (χ4n) is 0.809. The van der Waals surface area contributed by atoms with Gasteiger partial charge in [-0.1, -0.05) is 0 Å². The number of allylic oxidation sites excluding steroid dienone is 1. The number of phenols is 1. The summed E-state index contributed by atoms with van der Waals surface area (Å²) in [6, 6.07) is 7.84. The molecule has 0 saturated heterocycles. The van der Waals surface area contributed by atoms with Crippen LogP contribution in [0.4, 0.5) is 0 Å². The Morgan fingerprint density at radius 2 is 1.85 bits per heavy atom. The second-order valence-electron chi connectivity index (χ2n) is 2.20. The van der Waals surface area contributed by atoms with Gasteiger partial charge in [0.1, 0.15) is 11.8 Å². The molecule has 0 bridgehead atoms. The molecule has 0 saturated carbocycles. The van der Waals surface area contributed by atoms with Crippen LogP contribution in [0.2, 0.25) is 0 Å². The number of nitriles is 1. The van der Waals surface area contributed by atoms with Crippen LogP contribution >= 0.6 is 0 Å². The van der Waals surface area contributed by atoms with Gasteiger partial charge in [-0.15, -0.1) is 0 Å². The van der Waals surface area contributed by atoms with Crippen molar-refractivity contribution in [2.45, 2.75) is 0 Å². The van der Waals surface area contributed by atoms with E-state index in [9.17, 15) is 0 Å². The second kappa shape index (κ2) is 5.65. The molecular weight excluding hydrogens is 177 g/mol. The van der Waals surface area contributed by atoms with Crippen LogP contribution in [-0.4, -0.2) is 39.8 Å². The summed E-state index contributed by atoms with van der Waals surface area (Å²) in [7, 11) is 0. The Bertz CT molecular complexity index is 338. The minimum atomic E-state index is 0. The summed E-state index contributed by atoms with van der Waals surface area (Å²) in [6.45, 7) is 0. The molecule has 0 aliphatic rings. The molecule has 62 valence electrons. The van der Waals surface area contributed by atoms with Gasteiger partial charge in [0.25, 0.3) is 0 Å². The van der Waals surface area contributed by atoms with E-state index in [2.05, 4.69) is 0 Å². The monoisotopic (exact) mass is 185 g/mol.